The first-order valence-electron chi connectivity index (χ1n) is 9.58. The first-order valence-corrected chi connectivity index (χ1v) is 11.4. The molecular weight excluding hydrogens is 416 g/mol. The molecule has 2 fully saturated rings. The van der Waals surface area contributed by atoms with Crippen molar-refractivity contribution in [2.24, 2.45) is 5.41 Å². The lowest BCUT2D eigenvalue weighted by molar-refractivity contribution is -0.127. The van der Waals surface area contributed by atoms with Crippen LogP contribution in [0, 0.1) is 5.41 Å². The van der Waals surface area contributed by atoms with Gasteiger partial charge in [0.15, 0.2) is 0 Å². The van der Waals surface area contributed by atoms with Crippen LogP contribution in [0.15, 0.2) is 29.2 Å². The first kappa shape index (κ1) is 21.9. The number of nitrogens with zero attached hydrogens (tertiary/aromatic N) is 4. The molecule has 1 atom stereocenters. The summed E-state index contributed by atoms with van der Waals surface area (Å²) in [6, 6.07) is 5.87. The molecule has 0 saturated carbocycles. The molecule has 1 aromatic rings. The molecule has 1 aromatic carbocycles. The Hall–Kier alpha value is -1.84. The summed E-state index contributed by atoms with van der Waals surface area (Å²) in [6.07, 6.45) is 0.227. The molecule has 3 amide bonds. The van der Waals surface area contributed by atoms with E-state index < -0.39 is 15.4 Å². The van der Waals surface area contributed by atoms with Crippen LogP contribution in [0.2, 0.25) is 5.02 Å². The minimum atomic E-state index is -3.78. The molecule has 1 spiro atoms. The summed E-state index contributed by atoms with van der Waals surface area (Å²) in [7, 11) is -0.449. The van der Waals surface area contributed by atoms with E-state index in [1.807, 2.05) is 6.92 Å². The lowest BCUT2D eigenvalue weighted by atomic mass is 9.86. The van der Waals surface area contributed by atoms with Gasteiger partial charge < -0.3 is 14.7 Å². The maximum atomic E-state index is 13.3. The zero-order chi connectivity index (χ0) is 21.4. The lowest BCUT2D eigenvalue weighted by Gasteiger charge is -2.34. The number of likely N-dealkylation sites (tertiary alicyclic amines) is 1. The predicted octanol–water partition coefficient (Wildman–Crippen LogP) is 1.57. The Labute approximate surface area is 177 Å². The maximum Gasteiger partial charge on any atom is 0.319 e. The number of carbonyl (C=O) groups is 2. The van der Waals surface area contributed by atoms with Gasteiger partial charge in [-0.15, -0.1) is 0 Å². The number of hydrogen-bond acceptors (Lipinski definition) is 4. The molecule has 29 heavy (non-hydrogen) atoms. The van der Waals surface area contributed by atoms with Crippen molar-refractivity contribution < 1.29 is 18.0 Å². The minimum Gasteiger partial charge on any atom is -0.342 e. The van der Waals surface area contributed by atoms with Gasteiger partial charge in [0, 0.05) is 70.2 Å². The van der Waals surface area contributed by atoms with Crippen LogP contribution in [0.4, 0.5) is 4.79 Å². The van der Waals surface area contributed by atoms with E-state index in [1.54, 1.807) is 36.0 Å². The summed E-state index contributed by atoms with van der Waals surface area (Å²) >= 11 is 5.90. The molecule has 2 aliphatic heterocycles. The van der Waals surface area contributed by atoms with E-state index in [-0.39, 0.29) is 42.9 Å². The van der Waals surface area contributed by atoms with Crippen LogP contribution in [0.5, 0.6) is 0 Å². The first-order chi connectivity index (χ1) is 13.6. The number of hydrogen-bond donors (Lipinski definition) is 0. The Morgan fingerprint density at radius 1 is 1.14 bits per heavy atom. The van der Waals surface area contributed by atoms with E-state index >= 15 is 0 Å². The number of rotatable bonds is 3. The predicted molar refractivity (Wildman–Crippen MR) is 110 cm³/mol. The Morgan fingerprint density at radius 3 is 2.34 bits per heavy atom. The van der Waals surface area contributed by atoms with Gasteiger partial charge in [-0.2, -0.15) is 4.31 Å². The zero-order valence-corrected chi connectivity index (χ0v) is 18.5. The molecule has 2 heterocycles. The Morgan fingerprint density at radius 2 is 1.79 bits per heavy atom. The molecule has 0 bridgehead atoms. The maximum absolute atomic E-state index is 13.3. The highest BCUT2D eigenvalue weighted by Crippen LogP contribution is 2.36. The number of amides is 3. The third kappa shape index (κ3) is 4.36. The van der Waals surface area contributed by atoms with Gasteiger partial charge in [0.25, 0.3) is 0 Å². The van der Waals surface area contributed by atoms with Gasteiger partial charge in [-0.1, -0.05) is 11.6 Å². The fourth-order valence-corrected chi connectivity index (χ4v) is 5.78. The van der Waals surface area contributed by atoms with Crippen molar-refractivity contribution in [1.82, 2.24) is 19.0 Å². The van der Waals surface area contributed by atoms with Crippen LogP contribution in [0.3, 0.4) is 0 Å². The highest BCUT2D eigenvalue weighted by Gasteiger charge is 2.49. The summed E-state index contributed by atoms with van der Waals surface area (Å²) in [5.74, 6) is -0.00417. The van der Waals surface area contributed by atoms with Crippen molar-refractivity contribution in [3.05, 3.63) is 29.3 Å². The van der Waals surface area contributed by atoms with Crippen LogP contribution >= 0.6 is 11.6 Å². The third-order valence-corrected chi connectivity index (χ3v) is 7.66. The molecule has 0 N–H and O–H groups in total. The van der Waals surface area contributed by atoms with E-state index in [9.17, 15) is 18.0 Å². The number of benzene rings is 1. The molecule has 2 aliphatic rings. The largest absolute Gasteiger partial charge is 0.342 e. The van der Waals surface area contributed by atoms with Crippen LogP contribution in [0.25, 0.3) is 0 Å². The number of urea groups is 1. The van der Waals surface area contributed by atoms with Gasteiger partial charge in [0.05, 0.1) is 4.90 Å². The van der Waals surface area contributed by atoms with Crippen molar-refractivity contribution in [1.29, 1.82) is 0 Å². The van der Waals surface area contributed by atoms with E-state index in [0.29, 0.717) is 24.7 Å². The van der Waals surface area contributed by atoms with Gasteiger partial charge in [-0.25, -0.2) is 13.2 Å². The monoisotopic (exact) mass is 442 g/mol. The average Bonchev–Trinajstić information content (AvgIpc) is 2.85. The topological polar surface area (TPSA) is 81.2 Å². The Bertz CT molecular complexity index is 890. The van der Waals surface area contributed by atoms with Gasteiger partial charge >= 0.3 is 6.03 Å². The van der Waals surface area contributed by atoms with Crippen LogP contribution in [0.1, 0.15) is 13.3 Å². The zero-order valence-electron chi connectivity index (χ0n) is 17.0. The van der Waals surface area contributed by atoms with Crippen LogP contribution in [-0.4, -0.2) is 92.7 Å². The molecule has 2 saturated heterocycles. The van der Waals surface area contributed by atoms with Crippen molar-refractivity contribution in [2.45, 2.75) is 18.2 Å². The third-order valence-electron chi connectivity index (χ3n) is 5.55. The second-order valence-electron chi connectivity index (χ2n) is 7.98. The van der Waals surface area contributed by atoms with Gasteiger partial charge in [0.2, 0.25) is 15.9 Å². The molecule has 3 rings (SSSR count). The summed E-state index contributed by atoms with van der Waals surface area (Å²) < 4.78 is 28.0. The smallest absolute Gasteiger partial charge is 0.319 e. The standard InChI is InChI=1S/C19H27ClN4O4S/c1-4-22-12-19(11-17(22)25)13-23(18(26)21(2)3)9-10-24(14-19)29(27,28)16-7-5-15(20)6-8-16/h5-8H,4,9-14H2,1-3H3. The molecule has 10 heteroatoms. The van der Waals surface area contributed by atoms with Crippen molar-refractivity contribution >= 4 is 33.6 Å². The Kier molecular flexibility index (Phi) is 6.12. The highest BCUT2D eigenvalue weighted by molar-refractivity contribution is 7.89. The summed E-state index contributed by atoms with van der Waals surface area (Å²) in [6.45, 7) is 3.88. The van der Waals surface area contributed by atoms with Crippen LogP contribution in [-0.2, 0) is 14.8 Å². The molecule has 1 unspecified atom stereocenters. The average molecular weight is 443 g/mol. The van der Waals surface area contributed by atoms with E-state index in [0.717, 1.165) is 0 Å². The van der Waals surface area contributed by atoms with Crippen molar-refractivity contribution in [2.75, 3.05) is 53.4 Å². The number of sulfonamides is 1. The van der Waals surface area contributed by atoms with Crippen molar-refractivity contribution in [3.8, 4) is 0 Å². The lowest BCUT2D eigenvalue weighted by Crippen LogP contribution is -2.47. The minimum absolute atomic E-state index is 0.00417. The second kappa shape index (κ2) is 8.12. The van der Waals surface area contributed by atoms with Crippen LogP contribution < -0.4 is 0 Å². The van der Waals surface area contributed by atoms with Gasteiger partial charge in [-0.05, 0) is 31.2 Å². The quantitative estimate of drug-likeness (QED) is 0.711. The van der Waals surface area contributed by atoms with Crippen molar-refractivity contribution in [3.63, 3.8) is 0 Å². The molecule has 0 aromatic heterocycles. The summed E-state index contributed by atoms with van der Waals surface area (Å²) in [4.78, 5) is 30.2. The highest BCUT2D eigenvalue weighted by atomic mass is 35.5. The van der Waals surface area contributed by atoms with E-state index in [1.165, 1.54) is 21.3 Å². The molecule has 0 radical (unpaired) electrons. The number of halogens is 1. The van der Waals surface area contributed by atoms with Gasteiger partial charge in [-0.3, -0.25) is 4.79 Å². The normalized spacial score (nSPS) is 23.5. The molecule has 8 nitrogen and oxygen atoms in total. The molecule has 0 aliphatic carbocycles. The Balaban J connectivity index is 1.96. The fourth-order valence-electron chi connectivity index (χ4n) is 4.11. The second-order valence-corrected chi connectivity index (χ2v) is 10.4. The van der Waals surface area contributed by atoms with E-state index in [2.05, 4.69) is 0 Å². The van der Waals surface area contributed by atoms with Gasteiger partial charge in [0.1, 0.15) is 0 Å². The fraction of sp³-hybridized carbons (Fsp3) is 0.579. The number of carbonyl (C=O) groups excluding carboxylic acids is 2. The molecule has 160 valence electrons. The summed E-state index contributed by atoms with van der Waals surface area (Å²) in [5, 5.41) is 0.457. The molecular formula is C19H27ClN4O4S. The van der Waals surface area contributed by atoms with E-state index in [4.69, 9.17) is 11.6 Å². The summed E-state index contributed by atoms with van der Waals surface area (Å²) in [5.41, 5.74) is -0.630. The SMILES string of the molecule is CCN1CC2(CC1=O)CN(C(=O)N(C)C)CCN(S(=O)(=O)c1ccc(Cl)cc1)C2.